The summed E-state index contributed by atoms with van der Waals surface area (Å²) in [6.45, 7) is 20.4. The predicted octanol–water partition coefficient (Wildman–Crippen LogP) is 7.68. The van der Waals surface area contributed by atoms with Gasteiger partial charge in [0.15, 0.2) is 0 Å². The van der Waals surface area contributed by atoms with Gasteiger partial charge in [-0.25, -0.2) is 0 Å². The molecule has 1 aliphatic rings. The van der Waals surface area contributed by atoms with Gasteiger partial charge in [-0.1, -0.05) is 94.0 Å². The van der Waals surface area contributed by atoms with Gasteiger partial charge in [0.25, 0.3) is 0 Å². The number of anilines is 1. The number of rotatable bonds is 19. The van der Waals surface area contributed by atoms with Crippen molar-refractivity contribution < 1.29 is 51.4 Å². The first-order valence-corrected chi connectivity index (χ1v) is 16.1. The molecule has 0 bridgehead atoms. The number of unbranched alkanes of at least 4 members (excludes halogenated alkanes) is 4. The topological polar surface area (TPSA) is 20.6 Å². The molecule has 1 saturated carbocycles. The van der Waals surface area contributed by atoms with Crippen molar-refractivity contribution in [3.05, 3.63) is 89.9 Å². The largest absolute Gasteiger partial charge is 1.00 e. The van der Waals surface area contributed by atoms with Gasteiger partial charge in [0.05, 0.1) is 0 Å². The Morgan fingerprint density at radius 3 is 2.17 bits per heavy atom. The minimum absolute atomic E-state index is 0. The van der Waals surface area contributed by atoms with Gasteiger partial charge in [-0.3, -0.25) is 4.90 Å². The van der Waals surface area contributed by atoms with E-state index in [0.29, 0.717) is 0 Å². The fourth-order valence-electron chi connectivity index (χ4n) is 5.48. The predicted molar refractivity (Wildman–Crippen MR) is 185 cm³/mol. The Bertz CT molecular complexity index is 1040. The van der Waals surface area contributed by atoms with Crippen molar-refractivity contribution in [1.29, 1.82) is 0 Å². The molecule has 0 atom stereocenters. The smallest absolute Gasteiger partial charge is 0.665 e. The van der Waals surface area contributed by atoms with Crippen LogP contribution < -0.4 is 56.3 Å². The second-order valence-corrected chi connectivity index (χ2v) is 11.4. The summed E-state index contributed by atoms with van der Waals surface area (Å²) in [7, 11) is 1.92. The maximum atomic E-state index is 4.25. The molecule has 2 aromatic rings. The molecule has 42 heavy (non-hydrogen) atoms. The second kappa shape index (κ2) is 23.4. The zero-order chi connectivity index (χ0) is 29.9. The van der Waals surface area contributed by atoms with Crippen molar-refractivity contribution in [1.82, 2.24) is 4.90 Å². The molecule has 3 nitrogen and oxygen atoms in total. The third kappa shape index (κ3) is 14.2. The van der Waals surface area contributed by atoms with Gasteiger partial charge >= 0.3 is 51.4 Å². The quantitative estimate of drug-likeness (QED) is 0.0943. The summed E-state index contributed by atoms with van der Waals surface area (Å²) in [6.07, 6.45) is 18.5. The molecule has 1 aliphatic carbocycles. The van der Waals surface area contributed by atoms with E-state index in [1.807, 2.05) is 7.05 Å². The number of hydrogen-bond acceptors (Lipinski definition) is 2. The van der Waals surface area contributed by atoms with Crippen molar-refractivity contribution in [3.63, 3.8) is 0 Å². The summed E-state index contributed by atoms with van der Waals surface area (Å²) in [6, 6.07) is 16.1. The summed E-state index contributed by atoms with van der Waals surface area (Å²) in [5.41, 5.74) is 7.96. The van der Waals surface area contributed by atoms with Gasteiger partial charge in [-0.15, -0.1) is 19.7 Å². The zero-order valence-corrected chi connectivity index (χ0v) is 31.1. The van der Waals surface area contributed by atoms with Gasteiger partial charge in [0.1, 0.15) is 0 Å². The Balaban J connectivity index is 0.00000288. The molecule has 0 aliphatic heterocycles. The summed E-state index contributed by atoms with van der Waals surface area (Å²) in [4.78, 5) is 5.30. The first kappa shape index (κ1) is 39.0. The summed E-state index contributed by atoms with van der Waals surface area (Å²) < 4.78 is 0. The van der Waals surface area contributed by atoms with Crippen LogP contribution in [0.15, 0.2) is 73.5 Å². The molecular formula is C38H58KN3. The van der Waals surface area contributed by atoms with Crippen molar-refractivity contribution in [3.8, 4) is 11.1 Å². The Morgan fingerprint density at radius 1 is 0.905 bits per heavy atom. The number of nitrogens with zero attached hydrogens (tertiary/aromatic N) is 3. The van der Waals surface area contributed by atoms with Crippen LogP contribution in [0.5, 0.6) is 0 Å². The Morgan fingerprint density at radius 2 is 1.57 bits per heavy atom. The number of allylic oxidation sites excluding steroid dienone is 2. The minimum Gasteiger partial charge on any atom is -0.665 e. The van der Waals surface area contributed by atoms with Crippen molar-refractivity contribution >= 4 is 11.8 Å². The van der Waals surface area contributed by atoms with Crippen LogP contribution in [0, 0.1) is 12.8 Å². The first-order valence-electron chi connectivity index (χ1n) is 16.1. The van der Waals surface area contributed by atoms with Crippen LogP contribution in [0.25, 0.3) is 22.5 Å². The maximum absolute atomic E-state index is 4.25. The molecule has 0 spiro atoms. The molecule has 0 amide bonds. The summed E-state index contributed by atoms with van der Waals surface area (Å²) in [5.74, 6) is 0.985. The van der Waals surface area contributed by atoms with E-state index in [9.17, 15) is 0 Å². The van der Waals surface area contributed by atoms with E-state index in [4.69, 9.17) is 0 Å². The molecule has 3 rings (SSSR count). The standard InChI is InChI=1S/C36H54N3.C2H4.K/c1-6-14-32-17-18-34(28-30(32)4)33-19-21-36(22-20-33)39(26-13-11-9-10-12-24-37-5)35(8-3)29-38(25-7-2)27-23-31-15-16-31;1-2;/h6,8,14,17-22,28,31H,7,9-13,15-16,23-27,29H2,1-5H3;1-2H2;/q-1;;+1/b14-6-,35-8+;;. The second-order valence-electron chi connectivity index (χ2n) is 11.4. The van der Waals surface area contributed by atoms with Crippen LogP contribution in [0.1, 0.15) is 89.7 Å². The molecule has 0 aromatic heterocycles. The molecule has 0 heterocycles. The van der Waals surface area contributed by atoms with E-state index in [0.717, 1.165) is 25.6 Å². The van der Waals surface area contributed by atoms with Gasteiger partial charge in [0, 0.05) is 24.5 Å². The Labute approximate surface area is 302 Å². The molecule has 4 heteroatoms. The summed E-state index contributed by atoms with van der Waals surface area (Å²) in [5, 5.41) is 4.25. The molecule has 0 saturated heterocycles. The van der Waals surface area contributed by atoms with E-state index < -0.39 is 0 Å². The normalized spacial score (nSPS) is 13.1. The zero-order valence-electron chi connectivity index (χ0n) is 28.0. The summed E-state index contributed by atoms with van der Waals surface area (Å²) >= 11 is 0. The van der Waals surface area contributed by atoms with Crippen molar-refractivity contribution in [2.24, 2.45) is 5.92 Å². The fraction of sp³-hybridized carbons (Fsp3) is 0.526. The minimum atomic E-state index is 0. The van der Waals surface area contributed by atoms with E-state index in [1.165, 1.54) is 105 Å². The van der Waals surface area contributed by atoms with Crippen molar-refractivity contribution in [2.45, 2.75) is 85.5 Å². The van der Waals surface area contributed by atoms with Gasteiger partial charge in [-0.05, 0) is 93.4 Å². The molecule has 2 aromatic carbocycles. The number of benzene rings is 2. The van der Waals surface area contributed by atoms with Crippen LogP contribution in [0.2, 0.25) is 0 Å². The van der Waals surface area contributed by atoms with Crippen LogP contribution in [-0.4, -0.2) is 44.7 Å². The number of hydrogen-bond donors (Lipinski definition) is 0. The van der Waals surface area contributed by atoms with Gasteiger partial charge < -0.3 is 10.2 Å². The fourth-order valence-corrected chi connectivity index (χ4v) is 5.48. The average molecular weight is 596 g/mol. The third-order valence-corrected chi connectivity index (χ3v) is 8.05. The third-order valence-electron chi connectivity index (χ3n) is 8.05. The maximum Gasteiger partial charge on any atom is 1.00 e. The molecular weight excluding hydrogens is 538 g/mol. The van der Waals surface area contributed by atoms with E-state index >= 15 is 0 Å². The van der Waals surface area contributed by atoms with Gasteiger partial charge in [0.2, 0.25) is 0 Å². The van der Waals surface area contributed by atoms with E-state index in [1.54, 1.807) is 0 Å². The Kier molecular flexibility index (Phi) is 21.8. The van der Waals surface area contributed by atoms with Crippen LogP contribution in [0.3, 0.4) is 0 Å². The van der Waals surface area contributed by atoms with Gasteiger partial charge in [-0.2, -0.15) is 7.05 Å². The van der Waals surface area contributed by atoms with Crippen molar-refractivity contribution in [2.75, 3.05) is 44.7 Å². The molecule has 1 fully saturated rings. The molecule has 226 valence electrons. The van der Waals surface area contributed by atoms with Crippen LogP contribution >= 0.6 is 0 Å². The number of aryl methyl sites for hydroxylation is 1. The average Bonchev–Trinajstić information content (AvgIpc) is 3.83. The molecule has 0 N–H and O–H groups in total. The SMILES string of the molecule is C/C=C\c1ccc(-c2ccc(N(CCCCCCC[N-]C)/C(=C/C)CN(CCC)CCC3CC3)cc2)cc1C.C=C.[K+]. The van der Waals surface area contributed by atoms with Crippen LogP contribution in [-0.2, 0) is 0 Å². The first-order chi connectivity index (χ1) is 20.1. The monoisotopic (exact) mass is 595 g/mol. The van der Waals surface area contributed by atoms with E-state index in [2.05, 4.69) is 117 Å². The van der Waals surface area contributed by atoms with Crippen LogP contribution in [0.4, 0.5) is 5.69 Å². The molecule has 0 unspecified atom stereocenters. The molecule has 0 radical (unpaired) electrons. The van der Waals surface area contributed by atoms with E-state index in [-0.39, 0.29) is 51.4 Å². The Hall–Kier alpha value is -0.984.